The Morgan fingerprint density at radius 3 is 2.53 bits per heavy atom. The largest absolute Gasteiger partial charge is 0.506 e. The number of carbonyl (C=O) groups is 1. The summed E-state index contributed by atoms with van der Waals surface area (Å²) < 4.78 is 8.32. The molecule has 0 spiro atoms. The molecule has 1 N–H and O–H groups in total. The summed E-state index contributed by atoms with van der Waals surface area (Å²) in [5.74, 6) is -0.398. The van der Waals surface area contributed by atoms with Crippen LogP contribution in [-0.4, -0.2) is 22.2 Å². The van der Waals surface area contributed by atoms with Gasteiger partial charge in [-0.1, -0.05) is 41.7 Å². The fraction of sp³-hybridized carbons (Fsp3) is 0.174. The van der Waals surface area contributed by atoms with Gasteiger partial charge in [0.15, 0.2) is 4.80 Å². The summed E-state index contributed by atoms with van der Waals surface area (Å²) >= 11 is 7.88. The fourth-order valence-electron chi connectivity index (χ4n) is 3.56. The monoisotopic (exact) mass is 576 g/mol. The molecule has 3 aromatic rings. The number of fused-ring (bicyclic) bond motifs is 1. The van der Waals surface area contributed by atoms with E-state index in [-0.39, 0.29) is 17.9 Å². The topological polar surface area (TPSA) is 80.9 Å². The van der Waals surface area contributed by atoms with Crippen molar-refractivity contribution in [2.24, 2.45) is 4.99 Å². The first-order chi connectivity index (χ1) is 15.3. The smallest absolute Gasteiger partial charge is 0.338 e. The third kappa shape index (κ3) is 4.12. The van der Waals surface area contributed by atoms with E-state index < -0.39 is 12.0 Å². The maximum Gasteiger partial charge on any atom is 0.338 e. The Morgan fingerprint density at radius 1 is 1.25 bits per heavy atom. The minimum absolute atomic E-state index is 0.0855. The number of allylic oxidation sites excluding steroid dienone is 1. The van der Waals surface area contributed by atoms with Gasteiger partial charge in [-0.25, -0.2) is 9.79 Å². The molecule has 0 saturated heterocycles. The zero-order valence-electron chi connectivity index (χ0n) is 17.1. The van der Waals surface area contributed by atoms with Crippen LogP contribution in [0.15, 0.2) is 72.5 Å². The van der Waals surface area contributed by atoms with Crippen LogP contribution in [0, 0.1) is 0 Å². The van der Waals surface area contributed by atoms with Crippen LogP contribution in [0.2, 0.25) is 0 Å². The maximum atomic E-state index is 13.5. The first-order valence-electron chi connectivity index (χ1n) is 9.74. The molecule has 1 unspecified atom stereocenters. The van der Waals surface area contributed by atoms with Crippen molar-refractivity contribution in [3.63, 3.8) is 0 Å². The molecule has 1 aliphatic rings. The second-order valence-electron chi connectivity index (χ2n) is 7.05. The van der Waals surface area contributed by atoms with Gasteiger partial charge in [0.2, 0.25) is 0 Å². The number of aromatic nitrogens is 1. The van der Waals surface area contributed by atoms with Crippen molar-refractivity contribution in [3.05, 3.63) is 93.5 Å². The average Bonchev–Trinajstić information content (AvgIpc) is 3.06. The third-order valence-corrected chi connectivity index (χ3v) is 7.16. The Labute approximate surface area is 204 Å². The van der Waals surface area contributed by atoms with Gasteiger partial charge in [-0.2, -0.15) is 0 Å². The van der Waals surface area contributed by atoms with Crippen LogP contribution in [0.4, 0.5) is 0 Å². The van der Waals surface area contributed by atoms with E-state index in [1.165, 1.54) is 11.3 Å². The lowest BCUT2D eigenvalue weighted by Crippen LogP contribution is -2.39. The molecule has 1 aromatic heterocycles. The molecule has 0 aliphatic carbocycles. The highest BCUT2D eigenvalue weighted by molar-refractivity contribution is 9.11. The molecule has 0 saturated carbocycles. The molecule has 1 aliphatic heterocycles. The number of aromatic hydroxyl groups is 1. The molecule has 164 valence electrons. The van der Waals surface area contributed by atoms with E-state index in [0.717, 1.165) is 11.1 Å². The number of thiazole rings is 1. The van der Waals surface area contributed by atoms with Crippen molar-refractivity contribution >= 4 is 55.2 Å². The summed E-state index contributed by atoms with van der Waals surface area (Å²) in [7, 11) is 0. The molecule has 0 radical (unpaired) electrons. The Bertz CT molecular complexity index is 1400. The van der Waals surface area contributed by atoms with E-state index in [0.29, 0.717) is 29.5 Å². The van der Waals surface area contributed by atoms with Crippen LogP contribution in [0.1, 0.15) is 31.0 Å². The SMILES string of the molecule is CCOC(=O)C1=C(C)N=c2s/c(=C\c3cc(Br)c(O)c(Br)c3)c(=O)n2C1c1ccccc1. The van der Waals surface area contributed by atoms with E-state index in [9.17, 15) is 14.7 Å². The Balaban J connectivity index is 1.96. The normalized spacial score (nSPS) is 16.0. The molecule has 0 fully saturated rings. The van der Waals surface area contributed by atoms with Crippen molar-refractivity contribution in [3.8, 4) is 5.75 Å². The molecule has 0 bridgehead atoms. The van der Waals surface area contributed by atoms with Gasteiger partial charge in [-0.05, 0) is 75.0 Å². The number of halogens is 2. The molecular formula is C23H18Br2N2O4S. The lowest BCUT2D eigenvalue weighted by Gasteiger charge is -2.24. The molecular weight excluding hydrogens is 560 g/mol. The number of esters is 1. The van der Waals surface area contributed by atoms with Gasteiger partial charge >= 0.3 is 5.97 Å². The maximum absolute atomic E-state index is 13.5. The van der Waals surface area contributed by atoms with Crippen LogP contribution in [-0.2, 0) is 9.53 Å². The first kappa shape index (κ1) is 22.7. The van der Waals surface area contributed by atoms with Crippen LogP contribution >= 0.6 is 43.2 Å². The Morgan fingerprint density at radius 2 is 1.91 bits per heavy atom. The fourth-order valence-corrected chi connectivity index (χ4v) is 5.83. The number of phenolic OH excluding ortho intramolecular Hbond substituents is 1. The number of rotatable bonds is 4. The number of carbonyl (C=O) groups excluding carboxylic acids is 1. The van der Waals surface area contributed by atoms with Crippen LogP contribution in [0.5, 0.6) is 5.75 Å². The summed E-state index contributed by atoms with van der Waals surface area (Å²) in [6.07, 6.45) is 1.74. The summed E-state index contributed by atoms with van der Waals surface area (Å²) in [5.41, 5.74) is 2.15. The van der Waals surface area contributed by atoms with Crippen molar-refractivity contribution in [1.29, 1.82) is 0 Å². The van der Waals surface area contributed by atoms with Crippen molar-refractivity contribution < 1.29 is 14.6 Å². The van der Waals surface area contributed by atoms with Crippen LogP contribution in [0.25, 0.3) is 6.08 Å². The highest BCUT2D eigenvalue weighted by atomic mass is 79.9. The number of phenols is 1. The van der Waals surface area contributed by atoms with E-state index in [2.05, 4.69) is 36.9 Å². The predicted molar refractivity (Wildman–Crippen MR) is 130 cm³/mol. The second-order valence-corrected chi connectivity index (χ2v) is 9.76. The molecule has 2 aromatic carbocycles. The van der Waals surface area contributed by atoms with Crippen molar-refractivity contribution in [2.75, 3.05) is 6.61 Å². The number of hydrogen-bond acceptors (Lipinski definition) is 6. The standard InChI is InChI=1S/C23H18Br2N2O4S/c1-3-31-22(30)18-12(2)26-23-27(19(18)14-7-5-4-6-8-14)21(29)17(32-23)11-13-9-15(24)20(28)16(25)10-13/h4-11,19,28H,3H2,1-2H3/b17-11-. The van der Waals surface area contributed by atoms with Crippen LogP contribution < -0.4 is 14.9 Å². The van der Waals surface area contributed by atoms with Gasteiger partial charge in [0.1, 0.15) is 5.75 Å². The quantitative estimate of drug-likeness (QED) is 0.475. The second kappa shape index (κ2) is 9.17. The molecule has 2 heterocycles. The molecule has 1 atom stereocenters. The molecule has 4 rings (SSSR count). The molecule has 6 nitrogen and oxygen atoms in total. The summed E-state index contributed by atoms with van der Waals surface area (Å²) in [4.78, 5) is 31.4. The predicted octanol–water partition coefficient (Wildman–Crippen LogP) is 4.03. The summed E-state index contributed by atoms with van der Waals surface area (Å²) in [6, 6.07) is 12.2. The summed E-state index contributed by atoms with van der Waals surface area (Å²) in [5, 5.41) is 9.96. The highest BCUT2D eigenvalue weighted by Gasteiger charge is 2.33. The van der Waals surface area contributed by atoms with E-state index in [1.54, 1.807) is 36.6 Å². The lowest BCUT2D eigenvalue weighted by molar-refractivity contribution is -0.139. The van der Waals surface area contributed by atoms with E-state index >= 15 is 0 Å². The van der Waals surface area contributed by atoms with E-state index in [1.807, 2.05) is 30.3 Å². The lowest BCUT2D eigenvalue weighted by atomic mass is 9.96. The highest BCUT2D eigenvalue weighted by Crippen LogP contribution is 2.34. The van der Waals surface area contributed by atoms with Crippen LogP contribution in [0.3, 0.4) is 0 Å². The zero-order valence-corrected chi connectivity index (χ0v) is 21.1. The van der Waals surface area contributed by atoms with Gasteiger partial charge in [-0.3, -0.25) is 9.36 Å². The first-order valence-corrected chi connectivity index (χ1v) is 12.1. The van der Waals surface area contributed by atoms with Gasteiger partial charge < -0.3 is 9.84 Å². The van der Waals surface area contributed by atoms with Gasteiger partial charge in [-0.15, -0.1) is 0 Å². The van der Waals surface area contributed by atoms with E-state index in [4.69, 9.17) is 4.74 Å². The Kier molecular flexibility index (Phi) is 6.50. The number of benzene rings is 2. The third-order valence-electron chi connectivity index (χ3n) is 4.97. The molecule has 0 amide bonds. The minimum atomic E-state index is -0.632. The summed E-state index contributed by atoms with van der Waals surface area (Å²) in [6.45, 7) is 3.73. The number of hydrogen-bond donors (Lipinski definition) is 1. The molecule has 9 heteroatoms. The van der Waals surface area contributed by atoms with Crippen molar-refractivity contribution in [2.45, 2.75) is 19.9 Å². The van der Waals surface area contributed by atoms with Gasteiger partial charge in [0.05, 0.1) is 37.4 Å². The zero-order chi connectivity index (χ0) is 23.0. The number of ether oxygens (including phenoxy) is 1. The average molecular weight is 578 g/mol. The van der Waals surface area contributed by atoms with Gasteiger partial charge in [0.25, 0.3) is 5.56 Å². The number of nitrogens with zero attached hydrogens (tertiary/aromatic N) is 2. The van der Waals surface area contributed by atoms with Crippen molar-refractivity contribution in [1.82, 2.24) is 4.57 Å². The van der Waals surface area contributed by atoms with Gasteiger partial charge in [0, 0.05) is 0 Å². The minimum Gasteiger partial charge on any atom is -0.506 e. The molecule has 32 heavy (non-hydrogen) atoms. The Hall–Kier alpha value is -2.49.